The van der Waals surface area contributed by atoms with Crippen molar-refractivity contribution >= 4 is 21.4 Å². The molecule has 0 fully saturated rings. The molecule has 0 saturated carbocycles. The monoisotopic (exact) mass is 335 g/mol. The molecule has 0 saturated heterocycles. The standard InChI is InChI=1S/C17H18FNO3S/c1-2-13-5-9-16(10-6-13)19-17(20)12-23(21,22)11-14-3-7-15(18)8-4-14/h3-10H,2,11-12H2,1H3,(H,19,20). The summed E-state index contributed by atoms with van der Waals surface area (Å²) in [5.41, 5.74) is 2.14. The summed E-state index contributed by atoms with van der Waals surface area (Å²) in [4.78, 5) is 11.9. The van der Waals surface area contributed by atoms with Crippen molar-refractivity contribution in [3.05, 3.63) is 65.5 Å². The van der Waals surface area contributed by atoms with Gasteiger partial charge in [0.25, 0.3) is 0 Å². The van der Waals surface area contributed by atoms with Gasteiger partial charge in [0.15, 0.2) is 9.84 Å². The lowest BCUT2D eigenvalue weighted by Crippen LogP contribution is -2.23. The average Bonchev–Trinajstić information content (AvgIpc) is 2.49. The number of carbonyl (C=O) groups excluding carboxylic acids is 1. The SMILES string of the molecule is CCc1ccc(NC(=O)CS(=O)(=O)Cc2ccc(F)cc2)cc1. The van der Waals surface area contributed by atoms with Gasteiger partial charge in [-0.3, -0.25) is 4.79 Å². The summed E-state index contributed by atoms with van der Waals surface area (Å²) in [6.07, 6.45) is 0.889. The number of hydrogen-bond donors (Lipinski definition) is 1. The Hall–Kier alpha value is -2.21. The molecule has 0 unspecified atom stereocenters. The normalized spacial score (nSPS) is 11.2. The Kier molecular flexibility index (Phi) is 5.50. The van der Waals surface area contributed by atoms with Crippen LogP contribution in [0.5, 0.6) is 0 Å². The lowest BCUT2D eigenvalue weighted by Gasteiger charge is -2.07. The van der Waals surface area contributed by atoms with E-state index in [9.17, 15) is 17.6 Å². The summed E-state index contributed by atoms with van der Waals surface area (Å²) in [5.74, 6) is -1.93. The molecule has 0 aromatic heterocycles. The van der Waals surface area contributed by atoms with Crippen molar-refractivity contribution in [3.63, 3.8) is 0 Å². The summed E-state index contributed by atoms with van der Waals surface area (Å²) in [6.45, 7) is 2.02. The molecular formula is C17H18FNO3S. The van der Waals surface area contributed by atoms with Crippen molar-refractivity contribution in [1.29, 1.82) is 0 Å². The van der Waals surface area contributed by atoms with Gasteiger partial charge < -0.3 is 5.32 Å². The molecule has 23 heavy (non-hydrogen) atoms. The Morgan fingerprint density at radius 2 is 1.57 bits per heavy atom. The van der Waals surface area contributed by atoms with E-state index in [1.807, 2.05) is 19.1 Å². The fourth-order valence-corrected chi connectivity index (χ4v) is 3.38. The largest absolute Gasteiger partial charge is 0.325 e. The molecule has 2 aromatic rings. The van der Waals surface area contributed by atoms with Gasteiger partial charge in [0.05, 0.1) is 5.75 Å². The van der Waals surface area contributed by atoms with E-state index < -0.39 is 27.3 Å². The number of carbonyl (C=O) groups is 1. The maximum atomic E-state index is 12.8. The second-order valence-corrected chi connectivity index (χ2v) is 7.32. The molecule has 1 N–H and O–H groups in total. The van der Waals surface area contributed by atoms with Crippen molar-refractivity contribution in [2.24, 2.45) is 0 Å². The topological polar surface area (TPSA) is 63.2 Å². The zero-order valence-electron chi connectivity index (χ0n) is 12.8. The molecule has 6 heteroatoms. The maximum absolute atomic E-state index is 12.8. The molecule has 1 amide bonds. The number of amides is 1. The van der Waals surface area contributed by atoms with Crippen molar-refractivity contribution in [2.45, 2.75) is 19.1 Å². The van der Waals surface area contributed by atoms with Crippen LogP contribution in [0.25, 0.3) is 0 Å². The van der Waals surface area contributed by atoms with E-state index in [1.54, 1.807) is 12.1 Å². The third-order valence-corrected chi connectivity index (χ3v) is 4.77. The van der Waals surface area contributed by atoms with E-state index in [2.05, 4.69) is 5.32 Å². The maximum Gasteiger partial charge on any atom is 0.239 e. The van der Waals surface area contributed by atoms with Crippen LogP contribution in [0.3, 0.4) is 0 Å². The van der Waals surface area contributed by atoms with Crippen LogP contribution in [-0.2, 0) is 26.8 Å². The average molecular weight is 335 g/mol. The second kappa shape index (κ2) is 7.37. The van der Waals surface area contributed by atoms with Gasteiger partial charge in [0, 0.05) is 5.69 Å². The molecule has 0 heterocycles. The van der Waals surface area contributed by atoms with Gasteiger partial charge in [0.2, 0.25) is 5.91 Å². The molecule has 0 radical (unpaired) electrons. The summed E-state index contributed by atoms with van der Waals surface area (Å²) in [5, 5.41) is 2.57. The zero-order valence-corrected chi connectivity index (χ0v) is 13.6. The van der Waals surface area contributed by atoms with E-state index >= 15 is 0 Å². The fraction of sp³-hybridized carbons (Fsp3) is 0.235. The van der Waals surface area contributed by atoms with Gasteiger partial charge >= 0.3 is 0 Å². The van der Waals surface area contributed by atoms with Crippen LogP contribution in [0.15, 0.2) is 48.5 Å². The number of sulfone groups is 1. The number of hydrogen-bond acceptors (Lipinski definition) is 3. The molecule has 2 aromatic carbocycles. The van der Waals surface area contributed by atoms with Crippen LogP contribution < -0.4 is 5.32 Å². The number of halogens is 1. The van der Waals surface area contributed by atoms with Gasteiger partial charge in [-0.15, -0.1) is 0 Å². The van der Waals surface area contributed by atoms with E-state index in [0.717, 1.165) is 12.0 Å². The van der Waals surface area contributed by atoms with Gasteiger partial charge in [0.1, 0.15) is 11.6 Å². The van der Waals surface area contributed by atoms with Gasteiger partial charge in [-0.2, -0.15) is 0 Å². The van der Waals surface area contributed by atoms with E-state index in [1.165, 1.54) is 24.3 Å². The molecule has 122 valence electrons. The van der Waals surface area contributed by atoms with E-state index in [0.29, 0.717) is 11.3 Å². The van der Waals surface area contributed by atoms with Gasteiger partial charge in [-0.25, -0.2) is 12.8 Å². The minimum atomic E-state index is -3.61. The summed E-state index contributed by atoms with van der Waals surface area (Å²) >= 11 is 0. The lowest BCUT2D eigenvalue weighted by molar-refractivity contribution is -0.113. The highest BCUT2D eigenvalue weighted by Crippen LogP contribution is 2.12. The molecule has 2 rings (SSSR count). The van der Waals surface area contributed by atoms with Crippen LogP contribution in [0.1, 0.15) is 18.1 Å². The van der Waals surface area contributed by atoms with Crippen LogP contribution in [-0.4, -0.2) is 20.1 Å². The van der Waals surface area contributed by atoms with Crippen molar-refractivity contribution in [3.8, 4) is 0 Å². The Morgan fingerprint density at radius 3 is 2.13 bits per heavy atom. The van der Waals surface area contributed by atoms with Gasteiger partial charge in [-0.05, 0) is 41.8 Å². The third-order valence-electron chi connectivity index (χ3n) is 3.30. The van der Waals surface area contributed by atoms with Crippen LogP contribution in [0, 0.1) is 5.82 Å². The molecular weight excluding hydrogens is 317 g/mol. The van der Waals surface area contributed by atoms with Gasteiger partial charge in [-0.1, -0.05) is 31.2 Å². The predicted molar refractivity (Wildman–Crippen MR) is 88.3 cm³/mol. The molecule has 4 nitrogen and oxygen atoms in total. The minimum Gasteiger partial charge on any atom is -0.325 e. The fourth-order valence-electron chi connectivity index (χ4n) is 2.11. The number of anilines is 1. The van der Waals surface area contributed by atoms with Crippen molar-refractivity contribution in [1.82, 2.24) is 0 Å². The first-order valence-corrected chi connectivity index (χ1v) is 9.04. The zero-order chi connectivity index (χ0) is 16.9. The quantitative estimate of drug-likeness (QED) is 0.883. The molecule has 0 bridgehead atoms. The summed E-state index contributed by atoms with van der Waals surface area (Å²) in [7, 11) is -3.61. The predicted octanol–water partition coefficient (Wildman–Crippen LogP) is 2.94. The van der Waals surface area contributed by atoms with E-state index in [-0.39, 0.29) is 5.75 Å². The second-order valence-electron chi connectivity index (χ2n) is 5.26. The number of rotatable bonds is 6. The smallest absolute Gasteiger partial charge is 0.239 e. The highest BCUT2D eigenvalue weighted by atomic mass is 32.2. The van der Waals surface area contributed by atoms with E-state index in [4.69, 9.17) is 0 Å². The first-order valence-electron chi connectivity index (χ1n) is 7.21. The number of aryl methyl sites for hydroxylation is 1. The Bertz CT molecular complexity index is 768. The molecule has 0 spiro atoms. The first-order chi connectivity index (χ1) is 10.9. The molecule has 0 aliphatic carbocycles. The number of benzene rings is 2. The van der Waals surface area contributed by atoms with Crippen molar-refractivity contribution in [2.75, 3.05) is 11.1 Å². The Balaban J connectivity index is 1.96. The summed E-state index contributed by atoms with van der Waals surface area (Å²) in [6, 6.07) is 12.4. The Morgan fingerprint density at radius 1 is 1.00 bits per heavy atom. The van der Waals surface area contributed by atoms with Crippen molar-refractivity contribution < 1.29 is 17.6 Å². The van der Waals surface area contributed by atoms with Crippen LogP contribution in [0.4, 0.5) is 10.1 Å². The highest BCUT2D eigenvalue weighted by molar-refractivity contribution is 7.91. The molecule has 0 atom stereocenters. The Labute approximate surface area is 135 Å². The first kappa shape index (κ1) is 17.1. The highest BCUT2D eigenvalue weighted by Gasteiger charge is 2.17. The lowest BCUT2D eigenvalue weighted by atomic mass is 10.1. The molecule has 0 aliphatic heterocycles. The van der Waals surface area contributed by atoms with Crippen LogP contribution >= 0.6 is 0 Å². The van der Waals surface area contributed by atoms with Crippen LogP contribution in [0.2, 0.25) is 0 Å². The molecule has 0 aliphatic rings. The summed E-state index contributed by atoms with van der Waals surface area (Å²) < 4.78 is 36.9. The minimum absolute atomic E-state index is 0.296. The third kappa shape index (κ3) is 5.49. The number of nitrogens with one attached hydrogen (secondary N) is 1.